The van der Waals surface area contributed by atoms with Gasteiger partial charge in [0.05, 0.1) is 11.6 Å². The summed E-state index contributed by atoms with van der Waals surface area (Å²) in [4.78, 5) is 0. The fraction of sp³-hybridized carbons (Fsp3) is 0.333. The minimum Gasteiger partial charge on any atom is -0.476 e. The number of hydrogen-bond donors (Lipinski definition) is 0. The van der Waals surface area contributed by atoms with Crippen molar-refractivity contribution in [3.05, 3.63) is 30.3 Å². The second-order valence-electron chi connectivity index (χ2n) is 3.77. The zero-order chi connectivity index (χ0) is 10.1. The van der Waals surface area contributed by atoms with Crippen LogP contribution in [0.4, 0.5) is 0 Å². The van der Waals surface area contributed by atoms with Gasteiger partial charge in [0.25, 0.3) is 0 Å². The molecule has 74 valence electrons. The van der Waals surface area contributed by atoms with Crippen LogP contribution in [-0.4, -0.2) is 10.7 Å². The lowest BCUT2D eigenvalue weighted by Crippen LogP contribution is -2.08. The summed E-state index contributed by atoms with van der Waals surface area (Å²) in [6, 6.07) is 10.4. The Labute approximate surface area is 84.1 Å². The minimum atomic E-state index is 0.220. The average molecular weight is 189 g/mol. The summed E-state index contributed by atoms with van der Waals surface area (Å²) in [5, 5.41) is 1.23. The molecule has 0 saturated heterocycles. The van der Waals surface area contributed by atoms with E-state index in [-0.39, 0.29) is 6.10 Å². The van der Waals surface area contributed by atoms with Crippen LogP contribution in [0.1, 0.15) is 13.8 Å². The third-order valence-electron chi connectivity index (χ3n) is 2.26. The molecular formula is C12H15NO. The fourth-order valence-electron chi connectivity index (χ4n) is 1.62. The van der Waals surface area contributed by atoms with Gasteiger partial charge in [0.1, 0.15) is 0 Å². The van der Waals surface area contributed by atoms with E-state index in [2.05, 4.69) is 22.8 Å². The Balaban J connectivity index is 2.51. The molecule has 2 nitrogen and oxygen atoms in total. The van der Waals surface area contributed by atoms with Crippen LogP contribution in [0.2, 0.25) is 0 Å². The normalized spacial score (nSPS) is 11.1. The van der Waals surface area contributed by atoms with Gasteiger partial charge in [-0.1, -0.05) is 18.2 Å². The first-order valence-corrected chi connectivity index (χ1v) is 4.89. The van der Waals surface area contributed by atoms with Crippen molar-refractivity contribution in [1.29, 1.82) is 0 Å². The molecule has 1 aromatic heterocycles. The van der Waals surface area contributed by atoms with Gasteiger partial charge >= 0.3 is 0 Å². The first-order valence-electron chi connectivity index (χ1n) is 4.89. The van der Waals surface area contributed by atoms with E-state index in [1.807, 2.05) is 33.0 Å². The molecule has 14 heavy (non-hydrogen) atoms. The molecule has 0 radical (unpaired) electrons. The Hall–Kier alpha value is -1.44. The molecule has 0 unspecified atom stereocenters. The molecule has 0 amide bonds. The molecule has 0 N–H and O–H groups in total. The van der Waals surface area contributed by atoms with E-state index in [4.69, 9.17) is 4.74 Å². The molecule has 0 aliphatic carbocycles. The van der Waals surface area contributed by atoms with Crippen molar-refractivity contribution in [2.45, 2.75) is 20.0 Å². The van der Waals surface area contributed by atoms with Crippen LogP contribution >= 0.6 is 0 Å². The topological polar surface area (TPSA) is 14.2 Å². The number of fused-ring (bicyclic) bond motifs is 1. The lowest BCUT2D eigenvalue weighted by Gasteiger charge is -2.09. The number of nitrogens with zero attached hydrogens (tertiary/aromatic N) is 1. The Kier molecular flexibility index (Phi) is 2.20. The molecule has 2 rings (SSSR count). The van der Waals surface area contributed by atoms with Crippen LogP contribution in [0.15, 0.2) is 30.3 Å². The van der Waals surface area contributed by atoms with E-state index in [1.165, 1.54) is 10.9 Å². The molecule has 0 saturated carbocycles. The second-order valence-corrected chi connectivity index (χ2v) is 3.77. The van der Waals surface area contributed by atoms with Crippen LogP contribution in [0, 0.1) is 0 Å². The monoisotopic (exact) mass is 189 g/mol. The van der Waals surface area contributed by atoms with Crippen molar-refractivity contribution in [2.75, 3.05) is 0 Å². The van der Waals surface area contributed by atoms with Crippen molar-refractivity contribution in [1.82, 2.24) is 4.57 Å². The summed E-state index contributed by atoms with van der Waals surface area (Å²) in [6.45, 7) is 4.08. The highest BCUT2D eigenvalue weighted by Gasteiger charge is 2.06. The third kappa shape index (κ3) is 1.48. The summed E-state index contributed by atoms with van der Waals surface area (Å²) in [6.07, 6.45) is 0.220. The molecule has 2 aromatic rings. The highest BCUT2D eigenvalue weighted by molar-refractivity contribution is 5.82. The highest BCUT2D eigenvalue weighted by Crippen LogP contribution is 2.24. The average Bonchev–Trinajstić information content (AvgIpc) is 2.44. The van der Waals surface area contributed by atoms with Gasteiger partial charge in [0, 0.05) is 18.5 Å². The van der Waals surface area contributed by atoms with Crippen molar-refractivity contribution in [3.8, 4) is 5.88 Å². The Morgan fingerprint density at radius 2 is 1.93 bits per heavy atom. The van der Waals surface area contributed by atoms with Gasteiger partial charge in [-0.05, 0) is 19.9 Å². The molecule has 0 fully saturated rings. The number of aromatic nitrogens is 1. The number of rotatable bonds is 2. The molecule has 0 atom stereocenters. The maximum atomic E-state index is 5.69. The van der Waals surface area contributed by atoms with Crippen LogP contribution < -0.4 is 4.74 Å². The van der Waals surface area contributed by atoms with Gasteiger partial charge in [0.2, 0.25) is 0 Å². The maximum absolute atomic E-state index is 5.69. The molecule has 0 aliphatic heterocycles. The maximum Gasteiger partial charge on any atom is 0.194 e. The van der Waals surface area contributed by atoms with Crippen molar-refractivity contribution in [2.24, 2.45) is 7.05 Å². The van der Waals surface area contributed by atoms with Gasteiger partial charge in [-0.2, -0.15) is 0 Å². The zero-order valence-electron chi connectivity index (χ0n) is 8.82. The lowest BCUT2D eigenvalue weighted by molar-refractivity contribution is 0.226. The number of benzene rings is 1. The van der Waals surface area contributed by atoms with Crippen molar-refractivity contribution in [3.63, 3.8) is 0 Å². The Morgan fingerprint density at radius 3 is 2.57 bits per heavy atom. The molecule has 0 aliphatic rings. The van der Waals surface area contributed by atoms with E-state index >= 15 is 0 Å². The number of hydrogen-bond acceptors (Lipinski definition) is 1. The van der Waals surface area contributed by atoms with Crippen molar-refractivity contribution >= 4 is 10.9 Å². The van der Waals surface area contributed by atoms with E-state index in [9.17, 15) is 0 Å². The van der Waals surface area contributed by atoms with Crippen LogP contribution in [0.3, 0.4) is 0 Å². The van der Waals surface area contributed by atoms with Crippen LogP contribution in [0.5, 0.6) is 5.88 Å². The van der Waals surface area contributed by atoms with Crippen LogP contribution in [-0.2, 0) is 7.05 Å². The smallest absolute Gasteiger partial charge is 0.194 e. The summed E-state index contributed by atoms with van der Waals surface area (Å²) >= 11 is 0. The summed E-state index contributed by atoms with van der Waals surface area (Å²) in [5.74, 6) is 0.932. The van der Waals surface area contributed by atoms with Gasteiger partial charge in [-0.15, -0.1) is 0 Å². The fourth-order valence-corrected chi connectivity index (χ4v) is 1.62. The van der Waals surface area contributed by atoms with Gasteiger partial charge < -0.3 is 9.30 Å². The predicted octanol–water partition coefficient (Wildman–Crippen LogP) is 2.97. The molecule has 2 heteroatoms. The van der Waals surface area contributed by atoms with E-state index in [0.29, 0.717) is 0 Å². The van der Waals surface area contributed by atoms with Gasteiger partial charge in [0.15, 0.2) is 5.88 Å². The molecular weight excluding hydrogens is 174 g/mol. The highest BCUT2D eigenvalue weighted by atomic mass is 16.5. The first-order chi connectivity index (χ1) is 6.68. The van der Waals surface area contributed by atoms with E-state index < -0.39 is 0 Å². The largest absolute Gasteiger partial charge is 0.476 e. The second kappa shape index (κ2) is 3.37. The first kappa shape index (κ1) is 9.13. The standard InChI is InChI=1S/C12H15NO/c1-9(2)14-12-8-10-6-4-5-7-11(10)13(12)3/h4-9H,1-3H3. The van der Waals surface area contributed by atoms with E-state index in [0.717, 1.165) is 5.88 Å². The summed E-state index contributed by atoms with van der Waals surface area (Å²) in [7, 11) is 2.03. The molecule has 0 spiro atoms. The third-order valence-corrected chi connectivity index (χ3v) is 2.26. The molecule has 0 bridgehead atoms. The zero-order valence-corrected chi connectivity index (χ0v) is 8.82. The Morgan fingerprint density at radius 1 is 1.21 bits per heavy atom. The van der Waals surface area contributed by atoms with Crippen molar-refractivity contribution < 1.29 is 4.74 Å². The summed E-state index contributed by atoms with van der Waals surface area (Å²) in [5.41, 5.74) is 1.21. The number of aryl methyl sites for hydroxylation is 1. The SMILES string of the molecule is CC(C)Oc1cc2ccccc2n1C. The lowest BCUT2D eigenvalue weighted by atomic mass is 10.2. The summed E-state index contributed by atoms with van der Waals surface area (Å²) < 4.78 is 7.77. The Bertz CT molecular complexity index is 443. The molecule has 1 heterocycles. The van der Waals surface area contributed by atoms with E-state index in [1.54, 1.807) is 0 Å². The molecule has 1 aromatic carbocycles. The predicted molar refractivity (Wildman–Crippen MR) is 58.7 cm³/mol. The number of para-hydroxylation sites is 1. The van der Waals surface area contributed by atoms with Gasteiger partial charge in [-0.25, -0.2) is 0 Å². The minimum absolute atomic E-state index is 0.220. The number of ether oxygens (including phenoxy) is 1. The van der Waals surface area contributed by atoms with Crippen LogP contribution in [0.25, 0.3) is 10.9 Å². The quantitative estimate of drug-likeness (QED) is 0.708. The van der Waals surface area contributed by atoms with Gasteiger partial charge in [-0.3, -0.25) is 0 Å².